The Morgan fingerprint density at radius 1 is 1.62 bits per heavy atom. The number of ether oxygens (including phenoxy) is 1. The number of aryl methyl sites for hydroxylation is 1. The lowest BCUT2D eigenvalue weighted by Crippen LogP contribution is -2.21. The Balaban J connectivity index is 1.98. The van der Waals surface area contributed by atoms with E-state index in [-0.39, 0.29) is 18.3 Å². The highest BCUT2D eigenvalue weighted by Crippen LogP contribution is 2.35. The Hall–Kier alpha value is -0.670. The molecule has 0 spiro atoms. The fourth-order valence-corrected chi connectivity index (χ4v) is 3.23. The molecule has 1 unspecified atom stereocenters. The Kier molecular flexibility index (Phi) is 4.13. The number of hydrogen-bond donors (Lipinski definition) is 0. The van der Waals surface area contributed by atoms with E-state index in [1.54, 1.807) is 11.3 Å². The lowest BCUT2D eigenvalue weighted by atomic mass is 9.85. The summed E-state index contributed by atoms with van der Waals surface area (Å²) in [7, 11) is 0. The standard InChI is InChI=1S/C13H18O2S/c1-2-7-15-9-12(14)10-4-3-5-13-11(10)6-8-16-13/h6,8,10H,2-5,7,9H2,1H3. The summed E-state index contributed by atoms with van der Waals surface area (Å²) >= 11 is 1.78. The third-order valence-electron chi connectivity index (χ3n) is 3.03. The first-order valence-electron chi connectivity index (χ1n) is 5.99. The molecule has 0 saturated carbocycles. The average molecular weight is 238 g/mol. The molecular weight excluding hydrogens is 220 g/mol. The summed E-state index contributed by atoms with van der Waals surface area (Å²) in [6.45, 7) is 3.03. The van der Waals surface area contributed by atoms with Gasteiger partial charge in [-0.1, -0.05) is 6.92 Å². The fraction of sp³-hybridized carbons (Fsp3) is 0.615. The van der Waals surface area contributed by atoms with Crippen LogP contribution in [0.2, 0.25) is 0 Å². The molecule has 1 aliphatic carbocycles. The van der Waals surface area contributed by atoms with Crippen molar-refractivity contribution in [2.75, 3.05) is 13.2 Å². The number of carbonyl (C=O) groups is 1. The van der Waals surface area contributed by atoms with Gasteiger partial charge >= 0.3 is 0 Å². The minimum absolute atomic E-state index is 0.104. The molecule has 0 aliphatic heterocycles. The van der Waals surface area contributed by atoms with E-state index in [1.165, 1.54) is 10.4 Å². The molecule has 1 aromatic heterocycles. The van der Waals surface area contributed by atoms with Crippen LogP contribution in [-0.4, -0.2) is 19.0 Å². The monoisotopic (exact) mass is 238 g/mol. The van der Waals surface area contributed by atoms with Gasteiger partial charge in [-0.3, -0.25) is 4.79 Å². The molecule has 0 bridgehead atoms. The first kappa shape index (κ1) is 11.8. The van der Waals surface area contributed by atoms with Crippen molar-refractivity contribution in [2.24, 2.45) is 0 Å². The summed E-state index contributed by atoms with van der Waals surface area (Å²) in [5, 5.41) is 2.10. The summed E-state index contributed by atoms with van der Waals surface area (Å²) in [6.07, 6.45) is 4.25. The fourth-order valence-electron chi connectivity index (χ4n) is 2.24. The van der Waals surface area contributed by atoms with Crippen molar-refractivity contribution in [3.63, 3.8) is 0 Å². The van der Waals surface area contributed by atoms with Crippen LogP contribution in [0.4, 0.5) is 0 Å². The van der Waals surface area contributed by atoms with Gasteiger partial charge in [-0.25, -0.2) is 0 Å². The third-order valence-corrected chi connectivity index (χ3v) is 4.03. The molecule has 0 aromatic carbocycles. The Morgan fingerprint density at radius 2 is 2.50 bits per heavy atom. The Morgan fingerprint density at radius 3 is 3.31 bits per heavy atom. The van der Waals surface area contributed by atoms with E-state index in [9.17, 15) is 4.79 Å². The van der Waals surface area contributed by atoms with E-state index in [2.05, 4.69) is 18.4 Å². The van der Waals surface area contributed by atoms with Crippen LogP contribution in [-0.2, 0) is 16.0 Å². The maximum Gasteiger partial charge on any atom is 0.165 e. The van der Waals surface area contributed by atoms with Gasteiger partial charge in [0.05, 0.1) is 0 Å². The molecule has 3 heteroatoms. The zero-order chi connectivity index (χ0) is 11.4. The van der Waals surface area contributed by atoms with Gasteiger partial charge in [0.15, 0.2) is 5.78 Å². The zero-order valence-electron chi connectivity index (χ0n) is 9.70. The van der Waals surface area contributed by atoms with Gasteiger partial charge in [0.2, 0.25) is 0 Å². The summed E-state index contributed by atoms with van der Waals surface area (Å²) in [5.74, 6) is 0.361. The van der Waals surface area contributed by atoms with Crippen LogP contribution in [0.15, 0.2) is 11.4 Å². The quantitative estimate of drug-likeness (QED) is 0.737. The van der Waals surface area contributed by atoms with Gasteiger partial charge in [-0.2, -0.15) is 0 Å². The van der Waals surface area contributed by atoms with Gasteiger partial charge in [-0.05, 0) is 42.7 Å². The first-order valence-corrected chi connectivity index (χ1v) is 6.87. The lowest BCUT2D eigenvalue weighted by Gasteiger charge is -2.21. The van der Waals surface area contributed by atoms with E-state index in [4.69, 9.17) is 4.74 Å². The van der Waals surface area contributed by atoms with Crippen molar-refractivity contribution in [2.45, 2.75) is 38.5 Å². The molecule has 0 N–H and O–H groups in total. The van der Waals surface area contributed by atoms with Crippen LogP contribution in [0.3, 0.4) is 0 Å². The van der Waals surface area contributed by atoms with Gasteiger partial charge in [0, 0.05) is 17.4 Å². The van der Waals surface area contributed by atoms with Gasteiger partial charge < -0.3 is 4.74 Å². The molecular formula is C13H18O2S. The second-order valence-corrected chi connectivity index (χ2v) is 5.26. The normalized spacial score (nSPS) is 19.4. The molecule has 0 radical (unpaired) electrons. The minimum atomic E-state index is 0.104. The summed E-state index contributed by atoms with van der Waals surface area (Å²) in [6, 6.07) is 2.11. The predicted octanol–water partition coefficient (Wildman–Crippen LogP) is 3.16. The topological polar surface area (TPSA) is 26.3 Å². The Bertz CT molecular complexity index is 357. The number of carbonyl (C=O) groups excluding carboxylic acids is 1. The van der Waals surface area contributed by atoms with Crippen LogP contribution in [0.1, 0.15) is 42.5 Å². The number of fused-ring (bicyclic) bond motifs is 1. The molecule has 0 amide bonds. The maximum atomic E-state index is 12.0. The van der Waals surface area contributed by atoms with Crippen LogP contribution in [0.25, 0.3) is 0 Å². The van der Waals surface area contributed by atoms with Crippen molar-refractivity contribution in [1.82, 2.24) is 0 Å². The second-order valence-electron chi connectivity index (χ2n) is 4.26. The first-order chi connectivity index (χ1) is 7.83. The van der Waals surface area contributed by atoms with Crippen molar-refractivity contribution in [3.05, 3.63) is 21.9 Å². The van der Waals surface area contributed by atoms with Crippen LogP contribution >= 0.6 is 11.3 Å². The molecule has 2 rings (SSSR count). The number of hydrogen-bond acceptors (Lipinski definition) is 3. The summed E-state index contributed by atoms with van der Waals surface area (Å²) < 4.78 is 5.34. The van der Waals surface area contributed by atoms with Crippen LogP contribution in [0, 0.1) is 0 Å². The van der Waals surface area contributed by atoms with Gasteiger partial charge in [-0.15, -0.1) is 11.3 Å². The van der Waals surface area contributed by atoms with E-state index in [0.29, 0.717) is 6.61 Å². The molecule has 0 fully saturated rings. The highest BCUT2D eigenvalue weighted by atomic mass is 32.1. The lowest BCUT2D eigenvalue weighted by molar-refractivity contribution is -0.125. The number of rotatable bonds is 5. The van der Waals surface area contributed by atoms with E-state index < -0.39 is 0 Å². The van der Waals surface area contributed by atoms with Crippen molar-refractivity contribution in [3.8, 4) is 0 Å². The van der Waals surface area contributed by atoms with Crippen molar-refractivity contribution in [1.29, 1.82) is 0 Å². The maximum absolute atomic E-state index is 12.0. The summed E-state index contributed by atoms with van der Waals surface area (Å²) in [5.41, 5.74) is 1.27. The van der Waals surface area contributed by atoms with E-state index in [1.807, 2.05) is 0 Å². The van der Waals surface area contributed by atoms with E-state index in [0.717, 1.165) is 25.7 Å². The second kappa shape index (κ2) is 5.60. The van der Waals surface area contributed by atoms with Crippen molar-refractivity contribution >= 4 is 17.1 Å². The minimum Gasteiger partial charge on any atom is -0.374 e. The Labute approximate surface area is 101 Å². The molecule has 1 atom stereocenters. The molecule has 16 heavy (non-hydrogen) atoms. The van der Waals surface area contributed by atoms with Gasteiger partial charge in [0.1, 0.15) is 6.61 Å². The largest absolute Gasteiger partial charge is 0.374 e. The van der Waals surface area contributed by atoms with Gasteiger partial charge in [0.25, 0.3) is 0 Å². The third kappa shape index (κ3) is 2.53. The molecule has 0 saturated heterocycles. The molecule has 1 aromatic rings. The highest BCUT2D eigenvalue weighted by Gasteiger charge is 2.26. The van der Waals surface area contributed by atoms with Crippen LogP contribution in [0.5, 0.6) is 0 Å². The number of thiophene rings is 1. The molecule has 88 valence electrons. The SMILES string of the molecule is CCCOCC(=O)C1CCCc2sccc21. The number of ketones is 1. The molecule has 1 heterocycles. The predicted molar refractivity (Wildman–Crippen MR) is 66.1 cm³/mol. The zero-order valence-corrected chi connectivity index (χ0v) is 10.5. The van der Waals surface area contributed by atoms with E-state index >= 15 is 0 Å². The highest BCUT2D eigenvalue weighted by molar-refractivity contribution is 7.10. The number of Topliss-reactive ketones (excluding diaryl/α,β-unsaturated/α-hetero) is 1. The summed E-state index contributed by atoms with van der Waals surface area (Å²) in [4.78, 5) is 13.4. The molecule has 1 aliphatic rings. The molecule has 2 nitrogen and oxygen atoms in total. The smallest absolute Gasteiger partial charge is 0.165 e. The van der Waals surface area contributed by atoms with Crippen molar-refractivity contribution < 1.29 is 9.53 Å². The van der Waals surface area contributed by atoms with Crippen LogP contribution < -0.4 is 0 Å². The average Bonchev–Trinajstić information content (AvgIpc) is 2.76.